The summed E-state index contributed by atoms with van der Waals surface area (Å²) in [6, 6.07) is 13.2. The Morgan fingerprint density at radius 2 is 1.90 bits per heavy atom. The van der Waals surface area contributed by atoms with Crippen LogP contribution in [0.1, 0.15) is 16.8 Å². The number of aromatic nitrogens is 1. The molecule has 4 rings (SSSR count). The lowest BCUT2D eigenvalue weighted by molar-refractivity contribution is -0.130. The summed E-state index contributed by atoms with van der Waals surface area (Å²) in [6.07, 6.45) is 1.14. The number of aromatic amines is 1. The van der Waals surface area contributed by atoms with Crippen molar-refractivity contribution in [1.82, 2.24) is 9.88 Å². The number of hydrogen-bond donors (Lipinski definition) is 2. The number of halogens is 3. The largest absolute Gasteiger partial charge is 0.361 e. The summed E-state index contributed by atoms with van der Waals surface area (Å²) >= 11 is 5.82. The van der Waals surface area contributed by atoms with E-state index < -0.39 is 36.6 Å². The molecule has 1 fully saturated rings. The van der Waals surface area contributed by atoms with Crippen molar-refractivity contribution in [3.8, 4) is 0 Å². The maximum atomic E-state index is 14.3. The zero-order valence-electron chi connectivity index (χ0n) is 15.3. The van der Waals surface area contributed by atoms with Gasteiger partial charge >= 0.3 is 0 Å². The molecule has 2 aromatic carbocycles. The Labute approximate surface area is 170 Å². The number of amides is 2. The maximum Gasteiger partial charge on any atom is 0.266 e. The predicted octanol–water partition coefficient (Wildman–Crippen LogP) is 4.56. The number of nitrogens with one attached hydrogen (secondary N) is 2. The number of alkyl halides is 2. The van der Waals surface area contributed by atoms with Gasteiger partial charge in [-0.3, -0.25) is 9.59 Å². The minimum Gasteiger partial charge on any atom is -0.361 e. The minimum atomic E-state index is -3.15. The van der Waals surface area contributed by atoms with Gasteiger partial charge in [-0.05, 0) is 47.9 Å². The van der Waals surface area contributed by atoms with Crippen molar-refractivity contribution in [3.05, 3.63) is 65.3 Å². The third-order valence-corrected chi connectivity index (χ3v) is 5.23. The molecule has 5 nitrogen and oxygen atoms in total. The fourth-order valence-corrected chi connectivity index (χ4v) is 3.70. The van der Waals surface area contributed by atoms with E-state index >= 15 is 0 Å². The molecule has 0 bridgehead atoms. The first kappa shape index (κ1) is 19.4. The van der Waals surface area contributed by atoms with Gasteiger partial charge in [0.2, 0.25) is 5.91 Å². The average molecular weight is 418 g/mol. The number of benzene rings is 2. The molecule has 2 N–H and O–H groups in total. The Morgan fingerprint density at radius 3 is 2.66 bits per heavy atom. The van der Waals surface area contributed by atoms with Gasteiger partial charge < -0.3 is 15.2 Å². The molecule has 29 heavy (non-hydrogen) atoms. The molecule has 150 valence electrons. The van der Waals surface area contributed by atoms with Crippen LogP contribution in [0.5, 0.6) is 0 Å². The van der Waals surface area contributed by atoms with E-state index in [0.717, 1.165) is 15.8 Å². The number of piperidine rings is 1. The Balaban J connectivity index is 1.52. The first-order chi connectivity index (χ1) is 13.8. The van der Waals surface area contributed by atoms with Gasteiger partial charge in [0.05, 0.1) is 12.5 Å². The number of nitrogens with zero attached hydrogens (tertiary/aromatic N) is 1. The van der Waals surface area contributed by atoms with Crippen LogP contribution in [0.4, 0.5) is 14.5 Å². The van der Waals surface area contributed by atoms with Crippen molar-refractivity contribution >= 4 is 40.0 Å². The highest BCUT2D eigenvalue weighted by molar-refractivity contribution is 6.30. The number of carbonyl (C=O) groups excluding carboxylic acids is 2. The van der Waals surface area contributed by atoms with Crippen molar-refractivity contribution in [2.45, 2.75) is 12.3 Å². The molecular weight excluding hydrogens is 400 g/mol. The van der Waals surface area contributed by atoms with Gasteiger partial charge in [-0.25, -0.2) is 8.78 Å². The summed E-state index contributed by atoms with van der Waals surface area (Å²) in [7, 11) is 0. The van der Waals surface area contributed by atoms with E-state index in [0.29, 0.717) is 16.3 Å². The number of fused-ring (bicyclic) bond motifs is 1. The fraction of sp³-hybridized carbons (Fsp3) is 0.238. The van der Waals surface area contributed by atoms with Crippen molar-refractivity contribution in [3.63, 3.8) is 0 Å². The van der Waals surface area contributed by atoms with Crippen molar-refractivity contribution < 1.29 is 18.4 Å². The molecule has 0 spiro atoms. The molecule has 3 aromatic rings. The summed E-state index contributed by atoms with van der Waals surface area (Å²) in [5, 5.41) is 4.05. The summed E-state index contributed by atoms with van der Waals surface area (Å²) in [4.78, 5) is 29.5. The highest BCUT2D eigenvalue weighted by Crippen LogP contribution is 2.32. The molecule has 2 heterocycles. The molecule has 8 heteroatoms. The topological polar surface area (TPSA) is 65.2 Å². The van der Waals surface area contributed by atoms with Crippen molar-refractivity contribution in [1.29, 1.82) is 0 Å². The standard InChI is InChI=1S/C21H18ClF2N3O2/c22-16-3-5-17(6-4-16)26-19(28)15-10-21(23,24)12-27(11-15)20(29)14-2-1-13-7-8-25-18(13)9-14/h1-9,15,25H,10-12H2,(H,26,28). The van der Waals surface area contributed by atoms with Crippen LogP contribution in [0.15, 0.2) is 54.7 Å². The van der Waals surface area contributed by atoms with Crippen LogP contribution in [0.3, 0.4) is 0 Å². The molecule has 1 aromatic heterocycles. The maximum absolute atomic E-state index is 14.3. The molecule has 1 aliphatic rings. The quantitative estimate of drug-likeness (QED) is 0.656. The second-order valence-corrected chi connectivity index (χ2v) is 7.65. The van der Waals surface area contributed by atoms with Gasteiger partial charge in [0.25, 0.3) is 11.8 Å². The van der Waals surface area contributed by atoms with Gasteiger partial charge in [-0.2, -0.15) is 0 Å². The average Bonchev–Trinajstić information content (AvgIpc) is 3.15. The molecule has 1 unspecified atom stereocenters. The van der Waals surface area contributed by atoms with Crippen molar-refractivity contribution in [2.75, 3.05) is 18.4 Å². The molecule has 1 aliphatic heterocycles. The second-order valence-electron chi connectivity index (χ2n) is 7.22. The summed E-state index contributed by atoms with van der Waals surface area (Å²) in [5.41, 5.74) is 1.51. The zero-order chi connectivity index (χ0) is 20.6. The van der Waals surface area contributed by atoms with E-state index in [2.05, 4.69) is 10.3 Å². The lowest BCUT2D eigenvalue weighted by Crippen LogP contribution is -2.52. The van der Waals surface area contributed by atoms with Crippen LogP contribution < -0.4 is 5.32 Å². The monoisotopic (exact) mass is 417 g/mol. The highest BCUT2D eigenvalue weighted by Gasteiger charge is 2.44. The van der Waals surface area contributed by atoms with Crippen molar-refractivity contribution in [2.24, 2.45) is 5.92 Å². The molecule has 0 saturated carbocycles. The molecule has 2 amide bonds. The number of rotatable bonds is 3. The number of anilines is 1. The fourth-order valence-electron chi connectivity index (χ4n) is 3.57. The molecule has 1 saturated heterocycles. The van der Waals surface area contributed by atoms with E-state index in [1.807, 2.05) is 6.07 Å². The highest BCUT2D eigenvalue weighted by atomic mass is 35.5. The van der Waals surface area contributed by atoms with Gasteiger partial charge in [-0.15, -0.1) is 0 Å². The molecule has 0 aliphatic carbocycles. The Hall–Kier alpha value is -2.93. The summed E-state index contributed by atoms with van der Waals surface area (Å²) < 4.78 is 28.7. The van der Waals surface area contributed by atoms with E-state index in [1.165, 1.54) is 0 Å². The number of likely N-dealkylation sites (tertiary alicyclic amines) is 1. The van der Waals surface area contributed by atoms with Gasteiger partial charge in [0, 0.05) is 41.0 Å². The zero-order valence-corrected chi connectivity index (χ0v) is 16.0. The van der Waals surface area contributed by atoms with E-state index in [1.54, 1.807) is 48.7 Å². The summed E-state index contributed by atoms with van der Waals surface area (Å²) in [5.74, 6) is -5.24. The Morgan fingerprint density at radius 1 is 1.14 bits per heavy atom. The van der Waals surface area contributed by atoms with Crippen LogP contribution in [0, 0.1) is 5.92 Å². The van der Waals surface area contributed by atoms with Gasteiger partial charge in [-0.1, -0.05) is 17.7 Å². The smallest absolute Gasteiger partial charge is 0.266 e. The van der Waals surface area contributed by atoms with Crippen LogP contribution in [0.2, 0.25) is 5.02 Å². The third-order valence-electron chi connectivity index (χ3n) is 4.98. The normalized spacial score (nSPS) is 18.6. The van der Waals surface area contributed by atoms with Crippen LogP contribution in [0.25, 0.3) is 10.9 Å². The predicted molar refractivity (Wildman–Crippen MR) is 107 cm³/mol. The molecule has 1 atom stereocenters. The lowest BCUT2D eigenvalue weighted by Gasteiger charge is -2.37. The van der Waals surface area contributed by atoms with E-state index in [4.69, 9.17) is 11.6 Å². The third kappa shape index (κ3) is 4.24. The first-order valence-electron chi connectivity index (χ1n) is 9.11. The van der Waals surface area contributed by atoms with Gasteiger partial charge in [0.1, 0.15) is 0 Å². The van der Waals surface area contributed by atoms with Crippen LogP contribution in [-0.4, -0.2) is 40.7 Å². The number of carbonyl (C=O) groups is 2. The molecular formula is C21H18ClF2N3O2. The minimum absolute atomic E-state index is 0.0728. The number of H-pyrrole nitrogens is 1. The molecule has 0 radical (unpaired) electrons. The SMILES string of the molecule is O=C(Nc1ccc(Cl)cc1)C1CN(C(=O)c2ccc3cc[nH]c3c2)CC(F)(F)C1. The number of hydrogen-bond acceptors (Lipinski definition) is 2. The summed E-state index contributed by atoms with van der Waals surface area (Å²) in [6.45, 7) is -0.782. The lowest BCUT2D eigenvalue weighted by atomic mass is 9.93. The van der Waals surface area contributed by atoms with Crippen LogP contribution >= 0.6 is 11.6 Å². The first-order valence-corrected chi connectivity index (χ1v) is 9.49. The second kappa shape index (κ2) is 7.48. The van der Waals surface area contributed by atoms with E-state index in [-0.39, 0.29) is 6.54 Å². The Bertz CT molecular complexity index is 1070. The van der Waals surface area contributed by atoms with E-state index in [9.17, 15) is 18.4 Å². The van der Waals surface area contributed by atoms with Gasteiger partial charge in [0.15, 0.2) is 0 Å². The van der Waals surface area contributed by atoms with Crippen LogP contribution in [-0.2, 0) is 4.79 Å². The Kier molecular flexibility index (Phi) is 5.00.